The fourth-order valence-corrected chi connectivity index (χ4v) is 5.95. The van der Waals surface area contributed by atoms with Crippen LogP contribution >= 0.6 is 0 Å². The Labute approximate surface area is 222 Å². The van der Waals surface area contributed by atoms with Crippen LogP contribution in [0.1, 0.15) is 83.1 Å². The third-order valence-electron chi connectivity index (χ3n) is 6.60. The van der Waals surface area contributed by atoms with E-state index in [4.69, 9.17) is 4.74 Å². The first-order valence-corrected chi connectivity index (χ1v) is 15.0. The third kappa shape index (κ3) is 8.88. The van der Waals surface area contributed by atoms with E-state index in [1.165, 1.54) is 44.9 Å². The summed E-state index contributed by atoms with van der Waals surface area (Å²) in [6.07, 6.45) is 12.6. The Hall–Kier alpha value is -2.87. The zero-order valence-corrected chi connectivity index (χ0v) is 23.1. The van der Waals surface area contributed by atoms with Crippen molar-refractivity contribution in [3.8, 4) is 5.75 Å². The average molecular weight is 528 g/mol. The fourth-order valence-electron chi connectivity index (χ4n) is 4.52. The normalized spacial score (nSPS) is 15.7. The van der Waals surface area contributed by atoms with Gasteiger partial charge in [-0.1, -0.05) is 74.8 Å². The number of amides is 1. The third-order valence-corrected chi connectivity index (χ3v) is 8.37. The van der Waals surface area contributed by atoms with Gasteiger partial charge >= 0.3 is 0 Å². The van der Waals surface area contributed by atoms with Gasteiger partial charge in [-0.05, 0) is 63.8 Å². The second kappa shape index (κ2) is 14.8. The summed E-state index contributed by atoms with van der Waals surface area (Å²) in [6.45, 7) is 3.70. The lowest BCUT2D eigenvalue weighted by atomic mass is 10.00. The Kier molecular flexibility index (Phi) is 11.5. The number of ether oxygens (including phenoxy) is 1. The lowest BCUT2D eigenvalue weighted by Gasteiger charge is -2.25. The molecule has 2 aromatic carbocycles. The highest BCUT2D eigenvalue weighted by atomic mass is 32.2. The van der Waals surface area contributed by atoms with Crippen LogP contribution in [0.4, 0.5) is 5.69 Å². The highest BCUT2D eigenvalue weighted by Crippen LogP contribution is 2.32. The molecule has 0 aromatic heterocycles. The van der Waals surface area contributed by atoms with E-state index >= 15 is 0 Å². The van der Waals surface area contributed by atoms with Gasteiger partial charge in [0, 0.05) is 5.71 Å². The lowest BCUT2D eigenvalue weighted by Crippen LogP contribution is -2.40. The van der Waals surface area contributed by atoms with Crippen LogP contribution in [-0.2, 0) is 14.8 Å². The molecule has 0 heterocycles. The van der Waals surface area contributed by atoms with Crippen molar-refractivity contribution < 1.29 is 17.9 Å². The van der Waals surface area contributed by atoms with E-state index in [-0.39, 0.29) is 4.90 Å². The molecule has 202 valence electrons. The van der Waals surface area contributed by atoms with Crippen LogP contribution in [0.25, 0.3) is 0 Å². The highest BCUT2D eigenvalue weighted by Gasteiger charge is 2.29. The number of hydrogen-bond donors (Lipinski definition) is 1. The van der Waals surface area contributed by atoms with E-state index in [1.807, 2.05) is 13.8 Å². The number of carbonyl (C=O) groups excluding carboxylic acids is 1. The molecule has 37 heavy (non-hydrogen) atoms. The molecule has 0 unspecified atom stereocenters. The number of sulfonamides is 1. The molecule has 0 aliphatic heterocycles. The summed E-state index contributed by atoms with van der Waals surface area (Å²) in [7, 11) is -4.03. The van der Waals surface area contributed by atoms with Gasteiger partial charge in [-0.3, -0.25) is 9.10 Å². The van der Waals surface area contributed by atoms with Crippen molar-refractivity contribution in [3.63, 3.8) is 0 Å². The molecular weight excluding hydrogens is 486 g/mol. The Morgan fingerprint density at radius 2 is 1.46 bits per heavy atom. The molecule has 8 heteroatoms. The van der Waals surface area contributed by atoms with Gasteiger partial charge in [0.05, 0.1) is 17.2 Å². The van der Waals surface area contributed by atoms with Crippen molar-refractivity contribution in [1.82, 2.24) is 5.43 Å². The van der Waals surface area contributed by atoms with Gasteiger partial charge in [-0.15, -0.1) is 0 Å². The van der Waals surface area contributed by atoms with Crippen LogP contribution in [0.5, 0.6) is 5.75 Å². The minimum atomic E-state index is -4.03. The quantitative estimate of drug-likeness (QED) is 0.404. The van der Waals surface area contributed by atoms with Crippen molar-refractivity contribution in [2.45, 2.75) is 89.4 Å². The molecule has 0 saturated heterocycles. The smallest absolute Gasteiger partial charge is 0.264 e. The number of para-hydroxylation sites is 2. The van der Waals surface area contributed by atoms with Gasteiger partial charge in [0.1, 0.15) is 12.3 Å². The summed E-state index contributed by atoms with van der Waals surface area (Å²) in [5.41, 5.74) is 4.90. The Morgan fingerprint density at radius 3 is 2.05 bits per heavy atom. The van der Waals surface area contributed by atoms with Crippen molar-refractivity contribution >= 4 is 27.3 Å². The van der Waals surface area contributed by atoms with E-state index in [1.54, 1.807) is 48.5 Å². The molecule has 1 saturated carbocycles. The summed E-state index contributed by atoms with van der Waals surface area (Å²) in [5, 5.41) is 4.45. The number of carbonyl (C=O) groups is 1. The number of anilines is 1. The first-order chi connectivity index (χ1) is 17.9. The summed E-state index contributed by atoms with van der Waals surface area (Å²) in [4.78, 5) is 13.2. The van der Waals surface area contributed by atoms with E-state index in [9.17, 15) is 13.2 Å². The summed E-state index contributed by atoms with van der Waals surface area (Å²) < 4.78 is 34.2. The zero-order chi connectivity index (χ0) is 26.5. The molecule has 0 radical (unpaired) electrons. The SMILES string of the molecule is CCOc1ccccc1N(CC(=O)NN=C1CCCCCCCCCCC1)S(=O)(=O)c1ccc(C)cc1. The Balaban J connectivity index is 1.82. The standard InChI is InChI=1S/C29H41N3O4S/c1-3-36-28-18-14-13-17-27(28)32(37(34,35)26-21-19-24(2)20-22-26)23-29(33)31-30-25-15-11-9-7-5-4-6-8-10-12-16-25/h13-14,17-22H,3-12,15-16,23H2,1-2H3,(H,31,33). The molecule has 1 N–H and O–H groups in total. The maximum Gasteiger partial charge on any atom is 0.264 e. The van der Waals surface area contributed by atoms with Crippen LogP contribution in [0.15, 0.2) is 58.5 Å². The van der Waals surface area contributed by atoms with Crippen LogP contribution in [0.2, 0.25) is 0 Å². The number of benzene rings is 2. The van der Waals surface area contributed by atoms with Crippen LogP contribution in [0.3, 0.4) is 0 Å². The van der Waals surface area contributed by atoms with Gasteiger partial charge in [-0.2, -0.15) is 5.10 Å². The second-order valence-electron chi connectivity index (χ2n) is 9.62. The maximum absolute atomic E-state index is 13.7. The molecule has 0 spiro atoms. The average Bonchev–Trinajstić information content (AvgIpc) is 2.88. The number of aryl methyl sites for hydroxylation is 1. The number of nitrogens with one attached hydrogen (secondary N) is 1. The second-order valence-corrected chi connectivity index (χ2v) is 11.5. The van der Waals surface area contributed by atoms with Gasteiger partial charge in [0.25, 0.3) is 15.9 Å². The molecule has 1 fully saturated rings. The summed E-state index contributed by atoms with van der Waals surface area (Å²) in [5.74, 6) is -0.0836. The summed E-state index contributed by atoms with van der Waals surface area (Å²) >= 11 is 0. The predicted octanol–water partition coefficient (Wildman–Crippen LogP) is 6.37. The lowest BCUT2D eigenvalue weighted by molar-refractivity contribution is -0.119. The zero-order valence-electron chi connectivity index (χ0n) is 22.2. The monoisotopic (exact) mass is 527 g/mol. The van der Waals surface area contributed by atoms with Crippen molar-refractivity contribution in [3.05, 3.63) is 54.1 Å². The molecule has 1 aliphatic carbocycles. The summed E-state index contributed by atoms with van der Waals surface area (Å²) in [6, 6.07) is 13.5. The number of rotatable bonds is 8. The van der Waals surface area contributed by atoms with Crippen LogP contribution < -0.4 is 14.5 Å². The largest absolute Gasteiger partial charge is 0.492 e. The Bertz CT molecular complexity index is 1120. The molecule has 7 nitrogen and oxygen atoms in total. The molecule has 3 rings (SSSR count). The van der Waals surface area contributed by atoms with E-state index in [0.29, 0.717) is 18.0 Å². The van der Waals surface area contributed by atoms with Crippen molar-refractivity contribution in [1.29, 1.82) is 0 Å². The minimum Gasteiger partial charge on any atom is -0.492 e. The van der Waals surface area contributed by atoms with Crippen LogP contribution in [-0.4, -0.2) is 33.2 Å². The first-order valence-electron chi connectivity index (χ1n) is 13.6. The van der Waals surface area contributed by atoms with Gasteiger partial charge < -0.3 is 4.74 Å². The fraction of sp³-hybridized carbons (Fsp3) is 0.517. The van der Waals surface area contributed by atoms with Crippen molar-refractivity contribution in [2.75, 3.05) is 17.5 Å². The number of nitrogens with zero attached hydrogens (tertiary/aromatic N) is 2. The highest BCUT2D eigenvalue weighted by molar-refractivity contribution is 7.92. The first kappa shape index (κ1) is 28.7. The maximum atomic E-state index is 13.7. The number of hydrazone groups is 1. The Morgan fingerprint density at radius 1 is 0.892 bits per heavy atom. The number of hydrogen-bond acceptors (Lipinski definition) is 5. The molecule has 1 amide bonds. The molecule has 2 aromatic rings. The van der Waals surface area contributed by atoms with E-state index in [2.05, 4.69) is 10.5 Å². The van der Waals surface area contributed by atoms with Crippen LogP contribution in [0, 0.1) is 6.92 Å². The molecule has 0 atom stereocenters. The van der Waals surface area contributed by atoms with E-state index < -0.39 is 22.5 Å². The van der Waals surface area contributed by atoms with Gasteiger partial charge in [-0.25, -0.2) is 13.8 Å². The predicted molar refractivity (Wildman–Crippen MR) is 150 cm³/mol. The molecular formula is C29H41N3O4S. The van der Waals surface area contributed by atoms with Crippen molar-refractivity contribution in [2.24, 2.45) is 5.10 Å². The molecule has 0 bridgehead atoms. The minimum absolute atomic E-state index is 0.114. The topological polar surface area (TPSA) is 88.1 Å². The van der Waals surface area contributed by atoms with Gasteiger partial charge in [0.15, 0.2) is 0 Å². The van der Waals surface area contributed by atoms with E-state index in [0.717, 1.165) is 41.3 Å². The molecule has 1 aliphatic rings. The van der Waals surface area contributed by atoms with Gasteiger partial charge in [0.2, 0.25) is 0 Å².